The molecule has 0 aliphatic heterocycles. The summed E-state index contributed by atoms with van der Waals surface area (Å²) in [5, 5.41) is 0.0447. The molecule has 1 atom stereocenters. The van der Waals surface area contributed by atoms with E-state index in [1.54, 1.807) is 0 Å². The third kappa shape index (κ3) is 3.90. The van der Waals surface area contributed by atoms with E-state index in [0.717, 1.165) is 19.3 Å². The van der Waals surface area contributed by atoms with Crippen LogP contribution < -0.4 is 4.72 Å². The lowest BCUT2D eigenvalue weighted by Gasteiger charge is -2.29. The van der Waals surface area contributed by atoms with Gasteiger partial charge in [-0.3, -0.25) is 0 Å². The largest absolute Gasteiger partial charge is 0.243 e. The van der Waals surface area contributed by atoms with Gasteiger partial charge in [-0.05, 0) is 36.8 Å². The first kappa shape index (κ1) is 15.7. The molecule has 7 heteroatoms. The highest BCUT2D eigenvalue weighted by Gasteiger charge is 2.27. The standard InChI is InChI=1S/C13H20ClN3O2S/c1-2-12(10-6-4-3-5-7-10)17-20(18,19)11-8-15-13(14)16-9-11/h8-10,12,17H,2-7H2,1H3. The highest BCUT2D eigenvalue weighted by atomic mass is 35.5. The Morgan fingerprint density at radius 1 is 1.30 bits per heavy atom. The topological polar surface area (TPSA) is 72.0 Å². The van der Waals surface area contributed by atoms with Gasteiger partial charge in [0.15, 0.2) is 0 Å². The number of rotatable bonds is 5. The lowest BCUT2D eigenvalue weighted by atomic mass is 9.83. The molecule has 1 aromatic heterocycles. The van der Waals surface area contributed by atoms with Crippen molar-refractivity contribution in [1.82, 2.24) is 14.7 Å². The summed E-state index contributed by atoms with van der Waals surface area (Å²) in [4.78, 5) is 7.52. The minimum absolute atomic E-state index is 0.0176. The van der Waals surface area contributed by atoms with Crippen molar-refractivity contribution in [2.75, 3.05) is 0 Å². The van der Waals surface area contributed by atoms with Crippen LogP contribution in [0.15, 0.2) is 17.3 Å². The van der Waals surface area contributed by atoms with Gasteiger partial charge in [0.25, 0.3) is 0 Å². The van der Waals surface area contributed by atoms with Gasteiger partial charge < -0.3 is 0 Å². The maximum Gasteiger partial charge on any atom is 0.243 e. The van der Waals surface area contributed by atoms with Crippen LogP contribution in [0.1, 0.15) is 45.4 Å². The van der Waals surface area contributed by atoms with E-state index < -0.39 is 10.0 Å². The normalized spacial score (nSPS) is 18.9. The molecule has 20 heavy (non-hydrogen) atoms. The molecule has 0 spiro atoms. The Kier molecular flexibility index (Phi) is 5.35. The Balaban J connectivity index is 2.10. The fraction of sp³-hybridized carbons (Fsp3) is 0.692. The second-order valence-corrected chi connectivity index (χ2v) is 7.27. The fourth-order valence-electron chi connectivity index (χ4n) is 2.76. The molecule has 1 aliphatic rings. The molecule has 0 radical (unpaired) electrons. The molecule has 1 fully saturated rings. The van der Waals surface area contributed by atoms with E-state index in [1.807, 2.05) is 6.92 Å². The predicted molar refractivity (Wildman–Crippen MR) is 78.0 cm³/mol. The van der Waals surface area contributed by atoms with Gasteiger partial charge >= 0.3 is 0 Å². The van der Waals surface area contributed by atoms with Crippen LogP contribution in [-0.2, 0) is 10.0 Å². The Morgan fingerprint density at radius 2 is 1.90 bits per heavy atom. The number of nitrogens with zero attached hydrogens (tertiary/aromatic N) is 2. The summed E-state index contributed by atoms with van der Waals surface area (Å²) in [7, 11) is -3.57. The Morgan fingerprint density at radius 3 is 2.45 bits per heavy atom. The summed E-state index contributed by atoms with van der Waals surface area (Å²) < 4.78 is 27.4. The Bertz CT molecular complexity index is 527. The van der Waals surface area contributed by atoms with Gasteiger partial charge in [0.1, 0.15) is 4.90 Å². The lowest BCUT2D eigenvalue weighted by Crippen LogP contribution is -2.40. The monoisotopic (exact) mass is 317 g/mol. The molecule has 5 nitrogen and oxygen atoms in total. The third-order valence-electron chi connectivity index (χ3n) is 3.87. The minimum atomic E-state index is -3.57. The van der Waals surface area contributed by atoms with Crippen molar-refractivity contribution in [1.29, 1.82) is 0 Å². The number of halogens is 1. The van der Waals surface area contributed by atoms with E-state index in [0.29, 0.717) is 5.92 Å². The van der Waals surface area contributed by atoms with Crippen LogP contribution in [-0.4, -0.2) is 24.4 Å². The van der Waals surface area contributed by atoms with Crippen molar-refractivity contribution >= 4 is 21.6 Å². The van der Waals surface area contributed by atoms with Gasteiger partial charge in [-0.1, -0.05) is 26.2 Å². The summed E-state index contributed by atoms with van der Waals surface area (Å²) in [6, 6.07) is -0.0176. The van der Waals surface area contributed by atoms with Gasteiger partial charge in [-0.15, -0.1) is 0 Å². The Hall–Kier alpha value is -0.720. The average Bonchev–Trinajstić information content (AvgIpc) is 2.46. The van der Waals surface area contributed by atoms with E-state index in [9.17, 15) is 8.42 Å². The van der Waals surface area contributed by atoms with Crippen LogP contribution in [0.5, 0.6) is 0 Å². The SMILES string of the molecule is CCC(NS(=O)(=O)c1cnc(Cl)nc1)C1CCCCC1. The number of hydrogen-bond donors (Lipinski definition) is 1. The highest BCUT2D eigenvalue weighted by Crippen LogP contribution is 2.28. The van der Waals surface area contributed by atoms with E-state index in [1.165, 1.54) is 31.7 Å². The highest BCUT2D eigenvalue weighted by molar-refractivity contribution is 7.89. The van der Waals surface area contributed by atoms with Crippen molar-refractivity contribution in [2.24, 2.45) is 5.92 Å². The van der Waals surface area contributed by atoms with Gasteiger partial charge in [0.2, 0.25) is 15.3 Å². The maximum atomic E-state index is 12.3. The van der Waals surface area contributed by atoms with Crippen LogP contribution in [0.25, 0.3) is 0 Å². The summed E-state index contributed by atoms with van der Waals surface area (Å²) in [5.74, 6) is 0.428. The molecule has 1 N–H and O–H groups in total. The molecule has 0 saturated heterocycles. The molecule has 0 amide bonds. The number of aromatic nitrogens is 2. The second kappa shape index (κ2) is 6.83. The molecule has 1 aromatic rings. The van der Waals surface area contributed by atoms with E-state index in [2.05, 4.69) is 14.7 Å². The molecule has 0 bridgehead atoms. The summed E-state index contributed by atoms with van der Waals surface area (Å²) in [6.07, 6.45) is 9.09. The molecule has 1 saturated carbocycles. The summed E-state index contributed by atoms with van der Waals surface area (Å²) >= 11 is 5.58. The molecule has 112 valence electrons. The number of sulfonamides is 1. The maximum absolute atomic E-state index is 12.3. The van der Waals surface area contributed by atoms with Crippen molar-refractivity contribution in [3.8, 4) is 0 Å². The van der Waals surface area contributed by atoms with Gasteiger partial charge in [0.05, 0.1) is 12.4 Å². The van der Waals surface area contributed by atoms with Crippen molar-refractivity contribution in [3.63, 3.8) is 0 Å². The zero-order valence-electron chi connectivity index (χ0n) is 11.5. The van der Waals surface area contributed by atoms with Crippen LogP contribution in [0.4, 0.5) is 0 Å². The van der Waals surface area contributed by atoms with E-state index >= 15 is 0 Å². The quantitative estimate of drug-likeness (QED) is 0.848. The van der Waals surface area contributed by atoms with Crippen LogP contribution in [0.3, 0.4) is 0 Å². The first-order chi connectivity index (χ1) is 9.53. The molecular formula is C13H20ClN3O2S. The average molecular weight is 318 g/mol. The molecular weight excluding hydrogens is 298 g/mol. The van der Waals surface area contributed by atoms with Crippen molar-refractivity contribution < 1.29 is 8.42 Å². The summed E-state index contributed by atoms with van der Waals surface area (Å²) in [5.41, 5.74) is 0. The zero-order chi connectivity index (χ0) is 14.6. The van der Waals surface area contributed by atoms with Crippen molar-refractivity contribution in [2.45, 2.75) is 56.4 Å². The van der Waals surface area contributed by atoms with Gasteiger partial charge in [-0.25, -0.2) is 23.1 Å². The Labute approximate surface area is 125 Å². The van der Waals surface area contributed by atoms with Crippen LogP contribution in [0.2, 0.25) is 5.28 Å². The molecule has 2 rings (SSSR count). The second-order valence-electron chi connectivity index (χ2n) is 5.22. The minimum Gasteiger partial charge on any atom is -0.225 e. The van der Waals surface area contributed by atoms with Gasteiger partial charge in [-0.2, -0.15) is 0 Å². The molecule has 0 aromatic carbocycles. The van der Waals surface area contributed by atoms with Crippen LogP contribution >= 0.6 is 11.6 Å². The fourth-order valence-corrected chi connectivity index (χ4v) is 4.13. The summed E-state index contributed by atoms with van der Waals surface area (Å²) in [6.45, 7) is 2.01. The zero-order valence-corrected chi connectivity index (χ0v) is 13.1. The first-order valence-electron chi connectivity index (χ1n) is 7.03. The lowest BCUT2D eigenvalue weighted by molar-refractivity contribution is 0.285. The first-order valence-corrected chi connectivity index (χ1v) is 8.89. The number of nitrogens with one attached hydrogen (secondary N) is 1. The van der Waals surface area contributed by atoms with Crippen molar-refractivity contribution in [3.05, 3.63) is 17.7 Å². The molecule has 1 aliphatic carbocycles. The van der Waals surface area contributed by atoms with Gasteiger partial charge in [0, 0.05) is 6.04 Å². The smallest absolute Gasteiger partial charge is 0.225 e. The van der Waals surface area contributed by atoms with E-state index in [4.69, 9.17) is 11.6 Å². The molecule has 1 heterocycles. The third-order valence-corrected chi connectivity index (χ3v) is 5.51. The van der Waals surface area contributed by atoms with Crippen LogP contribution in [0, 0.1) is 5.92 Å². The van der Waals surface area contributed by atoms with E-state index in [-0.39, 0.29) is 16.2 Å². The number of hydrogen-bond acceptors (Lipinski definition) is 4. The predicted octanol–water partition coefficient (Wildman–Crippen LogP) is 2.77. The molecule has 1 unspecified atom stereocenters.